The summed E-state index contributed by atoms with van der Waals surface area (Å²) in [6, 6.07) is 5.07. The summed E-state index contributed by atoms with van der Waals surface area (Å²) in [5, 5.41) is 36.3. The topological polar surface area (TPSA) is 286 Å². The summed E-state index contributed by atoms with van der Waals surface area (Å²) in [6.07, 6.45) is -6.83. The summed E-state index contributed by atoms with van der Waals surface area (Å²) in [7, 11) is -5.18. The van der Waals surface area contributed by atoms with E-state index in [1.165, 1.54) is 4.90 Å². The van der Waals surface area contributed by atoms with Crippen molar-refractivity contribution in [1.82, 2.24) is 15.5 Å². The van der Waals surface area contributed by atoms with Gasteiger partial charge in [0.25, 0.3) is 5.91 Å². The van der Waals surface area contributed by atoms with Crippen LogP contribution >= 0.6 is 11.6 Å². The molecule has 4 unspecified atom stereocenters. The highest BCUT2D eigenvalue weighted by Crippen LogP contribution is 2.42. The van der Waals surface area contributed by atoms with Gasteiger partial charge in [-0.1, -0.05) is 44.2 Å². The third-order valence-electron chi connectivity index (χ3n) is 9.94. The molecule has 0 bridgehead atoms. The summed E-state index contributed by atoms with van der Waals surface area (Å²) < 4.78 is 49.9. The Labute approximate surface area is 319 Å². The van der Waals surface area contributed by atoms with Crippen molar-refractivity contribution in [2.75, 3.05) is 19.7 Å². The van der Waals surface area contributed by atoms with Gasteiger partial charge in [0.05, 0.1) is 12.7 Å². The summed E-state index contributed by atoms with van der Waals surface area (Å²) >= 11 is 6.62. The second-order valence-corrected chi connectivity index (χ2v) is 16.0. The highest BCUT2D eigenvalue weighted by Gasteiger charge is 2.52. The Kier molecular flexibility index (Phi) is 15.8. The van der Waals surface area contributed by atoms with Crippen molar-refractivity contribution < 1.29 is 56.3 Å². The number of fused-ring (bicyclic) bond motifs is 1. The Morgan fingerprint density at radius 1 is 1.07 bits per heavy atom. The fraction of sp³-hybridized carbons (Fsp3) is 0.706. The van der Waals surface area contributed by atoms with Gasteiger partial charge in [0.15, 0.2) is 18.4 Å². The van der Waals surface area contributed by atoms with Crippen LogP contribution in [0.4, 0.5) is 0 Å². The Balaban J connectivity index is 1.70. The number of hydrogen-bond donors (Lipinski definition) is 8. The van der Waals surface area contributed by atoms with E-state index >= 15 is 4.79 Å². The van der Waals surface area contributed by atoms with Crippen LogP contribution in [-0.2, 0) is 44.9 Å². The molecule has 10 N–H and O–H groups in total. The standard InChI is InChI=1S/C34H53ClN6O12S/c1-18(2)29(52-33-28(44)27(43)24(42)17-51-33)26(40-31(46)25(53-54(48,49)50)14-19-8-4-3-5-9-19)32(47)41-22-16-21(35)11-10-20(22)15-23(41)30(45)38-12-6-7-13-39-34(36)37/h3-5,8-9,18,20-29,33,42-44H,6-7,10-17H2,1-2H3,(H,38,45)(H,40,46)(H4,36,37,39)(H,48,49,50)/t20?,21?,22?,23?,24-,25+,26-,27+,28-,29+,33-/m1/s1. The van der Waals surface area contributed by atoms with E-state index in [1.807, 2.05) is 0 Å². The highest BCUT2D eigenvalue weighted by atomic mass is 35.5. The first-order valence-electron chi connectivity index (χ1n) is 18.1. The number of benzene rings is 1. The van der Waals surface area contributed by atoms with E-state index in [2.05, 4.69) is 15.6 Å². The first-order chi connectivity index (χ1) is 25.5. The molecule has 54 heavy (non-hydrogen) atoms. The van der Waals surface area contributed by atoms with Crippen molar-refractivity contribution >= 4 is 45.7 Å². The molecule has 3 amide bonds. The minimum Gasteiger partial charge on any atom is -0.388 e. The maximum absolute atomic E-state index is 15.1. The number of carbonyl (C=O) groups excluding carboxylic acids is 3. The molecule has 304 valence electrons. The first-order valence-corrected chi connectivity index (χ1v) is 19.9. The molecule has 3 aliphatic rings. The number of aliphatic imine (C=N–C) groups is 1. The molecule has 4 rings (SSSR count). The molecule has 1 aromatic carbocycles. The van der Waals surface area contributed by atoms with Crippen molar-refractivity contribution in [3.63, 3.8) is 0 Å². The number of guanidine groups is 1. The van der Waals surface area contributed by atoms with E-state index < -0.39 is 95.6 Å². The second kappa shape index (κ2) is 19.6. The zero-order chi connectivity index (χ0) is 39.7. The first kappa shape index (κ1) is 43.6. The second-order valence-electron chi connectivity index (χ2n) is 14.3. The molecule has 0 spiro atoms. The number of aliphatic hydroxyl groups excluding tert-OH is 3. The number of unbranched alkanes of at least 4 members (excludes halogenated alkanes) is 1. The number of halogens is 1. The van der Waals surface area contributed by atoms with Crippen LogP contribution in [0.3, 0.4) is 0 Å². The van der Waals surface area contributed by atoms with Crippen molar-refractivity contribution in [3.8, 4) is 0 Å². The van der Waals surface area contributed by atoms with Gasteiger partial charge in [0, 0.05) is 30.9 Å². The minimum atomic E-state index is -5.18. The van der Waals surface area contributed by atoms with Crippen LogP contribution in [0, 0.1) is 11.8 Å². The zero-order valence-electron chi connectivity index (χ0n) is 30.3. The summed E-state index contributed by atoms with van der Waals surface area (Å²) in [4.78, 5) is 48.3. The largest absolute Gasteiger partial charge is 0.398 e. The number of amides is 3. The van der Waals surface area contributed by atoms with E-state index in [0.717, 1.165) is 0 Å². The molecule has 18 nitrogen and oxygen atoms in total. The number of carbonyl (C=O) groups is 3. The predicted octanol–water partition coefficient (Wildman–Crippen LogP) is -1.07. The number of likely N-dealkylation sites (tertiary alicyclic amines) is 1. The van der Waals surface area contributed by atoms with Crippen molar-refractivity contribution in [1.29, 1.82) is 0 Å². The fourth-order valence-electron chi connectivity index (χ4n) is 7.24. The molecule has 20 heteroatoms. The van der Waals surface area contributed by atoms with Gasteiger partial charge in [-0.05, 0) is 55.9 Å². The van der Waals surface area contributed by atoms with Gasteiger partial charge in [0.2, 0.25) is 11.8 Å². The van der Waals surface area contributed by atoms with E-state index in [-0.39, 0.29) is 30.2 Å². The van der Waals surface area contributed by atoms with Gasteiger partial charge < -0.3 is 51.8 Å². The van der Waals surface area contributed by atoms with Gasteiger partial charge in [0.1, 0.15) is 30.4 Å². The number of aliphatic hydroxyl groups is 3. The van der Waals surface area contributed by atoms with E-state index in [0.29, 0.717) is 50.6 Å². The van der Waals surface area contributed by atoms with Crippen LogP contribution < -0.4 is 22.1 Å². The number of hydrogen-bond acceptors (Lipinski definition) is 12. The molecule has 2 saturated heterocycles. The van der Waals surface area contributed by atoms with Gasteiger partial charge in [-0.15, -0.1) is 11.6 Å². The van der Waals surface area contributed by atoms with Crippen molar-refractivity contribution in [3.05, 3.63) is 35.9 Å². The third kappa shape index (κ3) is 11.9. The summed E-state index contributed by atoms with van der Waals surface area (Å²) in [5.41, 5.74) is 11.2. The Hall–Kier alpha value is -3.14. The van der Waals surface area contributed by atoms with E-state index in [9.17, 15) is 37.9 Å². The number of nitrogens with one attached hydrogen (secondary N) is 2. The van der Waals surface area contributed by atoms with Gasteiger partial charge >= 0.3 is 10.4 Å². The number of ether oxygens (including phenoxy) is 2. The van der Waals surface area contributed by atoms with Crippen molar-refractivity contribution in [2.24, 2.45) is 28.3 Å². The third-order valence-corrected chi connectivity index (χ3v) is 10.8. The molecule has 0 aromatic heterocycles. The molecule has 1 aromatic rings. The highest BCUT2D eigenvalue weighted by molar-refractivity contribution is 7.80. The maximum atomic E-state index is 15.1. The molecule has 0 radical (unpaired) electrons. The van der Waals surface area contributed by atoms with Crippen LogP contribution in [0.15, 0.2) is 35.3 Å². The minimum absolute atomic E-state index is 0.0427. The number of alkyl halides is 1. The molecule has 2 heterocycles. The number of rotatable bonds is 17. The quantitative estimate of drug-likeness (QED) is 0.0306. The Bertz CT molecular complexity index is 1550. The average molecular weight is 805 g/mol. The molecule has 1 aliphatic carbocycles. The zero-order valence-corrected chi connectivity index (χ0v) is 31.8. The summed E-state index contributed by atoms with van der Waals surface area (Å²) in [5.74, 6) is -3.08. The molecule has 11 atom stereocenters. The van der Waals surface area contributed by atoms with Crippen LogP contribution in [0.2, 0.25) is 0 Å². The summed E-state index contributed by atoms with van der Waals surface area (Å²) in [6.45, 7) is 3.53. The number of nitrogens with two attached hydrogens (primary N) is 2. The van der Waals surface area contributed by atoms with Gasteiger partial charge in [-0.2, -0.15) is 8.42 Å². The van der Waals surface area contributed by atoms with E-state index in [1.54, 1.807) is 44.2 Å². The van der Waals surface area contributed by atoms with Crippen LogP contribution in [0.1, 0.15) is 57.9 Å². The lowest BCUT2D eigenvalue weighted by Gasteiger charge is -2.42. The van der Waals surface area contributed by atoms with Gasteiger partial charge in [-0.3, -0.25) is 23.9 Å². The lowest BCUT2D eigenvalue weighted by molar-refractivity contribution is -0.288. The Morgan fingerprint density at radius 3 is 2.43 bits per heavy atom. The lowest BCUT2D eigenvalue weighted by atomic mass is 9.84. The van der Waals surface area contributed by atoms with Crippen molar-refractivity contribution in [2.45, 2.75) is 119 Å². The Morgan fingerprint density at radius 2 is 1.78 bits per heavy atom. The fourth-order valence-corrected chi connectivity index (χ4v) is 8.00. The monoisotopic (exact) mass is 804 g/mol. The molecule has 3 fully saturated rings. The van der Waals surface area contributed by atoms with Gasteiger partial charge in [-0.25, -0.2) is 4.18 Å². The smallest absolute Gasteiger partial charge is 0.388 e. The van der Waals surface area contributed by atoms with Crippen LogP contribution in [0.5, 0.6) is 0 Å². The van der Waals surface area contributed by atoms with Crippen LogP contribution in [-0.4, -0.2) is 137 Å². The van der Waals surface area contributed by atoms with Crippen LogP contribution in [0.25, 0.3) is 0 Å². The number of nitrogens with zero attached hydrogens (tertiary/aromatic N) is 2. The average Bonchev–Trinajstić information content (AvgIpc) is 3.48. The molecule has 1 saturated carbocycles. The van der Waals surface area contributed by atoms with E-state index in [4.69, 9.17) is 36.7 Å². The molecular weight excluding hydrogens is 752 g/mol. The maximum Gasteiger partial charge on any atom is 0.398 e. The lowest BCUT2D eigenvalue weighted by Crippen LogP contribution is -2.64. The molecular formula is C34H53ClN6O12S. The SMILES string of the molecule is CC(C)[C@H](O[C@H]1OC[C@@H](O)[C@H](O)[C@H]1O)[C@@H](NC(=O)[C@H](Cc1ccccc1)OS(=O)(=O)O)C(=O)N1C(C(=O)NCCCCN=C(N)N)CC2CCC(Cl)CC21. The predicted molar refractivity (Wildman–Crippen MR) is 195 cm³/mol. The normalized spacial score (nSPS) is 28.8. The molecule has 2 aliphatic heterocycles.